The van der Waals surface area contributed by atoms with E-state index in [1.807, 2.05) is 0 Å². The van der Waals surface area contributed by atoms with Gasteiger partial charge in [-0.2, -0.15) is 0 Å². The largest absolute Gasteiger partial charge is 0.573 e. The number of alkyl halides is 4. The summed E-state index contributed by atoms with van der Waals surface area (Å²) in [4.78, 5) is 14.1. The molecule has 0 spiro atoms. The molecule has 0 aliphatic carbocycles. The standard InChI is InChI=1S/C8H4F4INO2/c9-1-4-5(3-15)6(2-14-7(4)13)16-8(10,11)12/h2-3H,1H2. The summed E-state index contributed by atoms with van der Waals surface area (Å²) in [7, 11) is 0. The van der Waals surface area contributed by atoms with E-state index in [2.05, 4.69) is 9.72 Å². The van der Waals surface area contributed by atoms with Crippen molar-refractivity contribution in [2.75, 3.05) is 0 Å². The van der Waals surface area contributed by atoms with E-state index in [9.17, 15) is 22.4 Å². The monoisotopic (exact) mass is 349 g/mol. The highest BCUT2D eigenvalue weighted by atomic mass is 127. The Morgan fingerprint density at radius 1 is 1.50 bits per heavy atom. The molecule has 0 atom stereocenters. The first-order valence-corrected chi connectivity index (χ1v) is 4.91. The van der Waals surface area contributed by atoms with E-state index in [1.54, 1.807) is 22.6 Å². The minimum atomic E-state index is -4.94. The Hall–Kier alpha value is -0.930. The summed E-state index contributed by atoms with van der Waals surface area (Å²) < 4.78 is 52.0. The van der Waals surface area contributed by atoms with Gasteiger partial charge in [0.15, 0.2) is 12.0 Å². The molecule has 1 aromatic heterocycles. The van der Waals surface area contributed by atoms with Gasteiger partial charge in [-0.05, 0) is 22.6 Å². The third-order valence-corrected chi connectivity index (χ3v) is 2.54. The van der Waals surface area contributed by atoms with Crippen LogP contribution in [0.5, 0.6) is 5.75 Å². The Kier molecular flexibility index (Phi) is 4.05. The normalized spacial score (nSPS) is 11.3. The fraction of sp³-hybridized carbons (Fsp3) is 0.250. The van der Waals surface area contributed by atoms with Crippen LogP contribution in [0.4, 0.5) is 17.6 Å². The van der Waals surface area contributed by atoms with Gasteiger partial charge in [0.25, 0.3) is 0 Å². The molecule has 1 heterocycles. The van der Waals surface area contributed by atoms with Gasteiger partial charge in [0.05, 0.1) is 11.8 Å². The summed E-state index contributed by atoms with van der Waals surface area (Å²) >= 11 is 1.62. The van der Waals surface area contributed by atoms with E-state index in [4.69, 9.17) is 0 Å². The molecule has 0 aliphatic heterocycles. The van der Waals surface area contributed by atoms with Crippen LogP contribution < -0.4 is 4.74 Å². The number of carbonyl (C=O) groups excluding carboxylic acids is 1. The highest BCUT2D eigenvalue weighted by Crippen LogP contribution is 2.29. The topological polar surface area (TPSA) is 39.2 Å². The van der Waals surface area contributed by atoms with Crippen molar-refractivity contribution in [3.8, 4) is 5.75 Å². The summed E-state index contributed by atoms with van der Waals surface area (Å²) in [5, 5.41) is 0. The number of ether oxygens (including phenoxy) is 1. The van der Waals surface area contributed by atoms with Crippen molar-refractivity contribution < 1.29 is 27.1 Å². The number of hydrogen-bond donors (Lipinski definition) is 0. The maximum absolute atomic E-state index is 12.5. The van der Waals surface area contributed by atoms with Crippen molar-refractivity contribution in [3.05, 3.63) is 21.0 Å². The minimum absolute atomic E-state index is 0.111. The van der Waals surface area contributed by atoms with Gasteiger partial charge in [-0.1, -0.05) is 0 Å². The molecule has 0 bridgehead atoms. The second-order valence-corrected chi connectivity index (χ2v) is 3.63. The second kappa shape index (κ2) is 4.93. The van der Waals surface area contributed by atoms with E-state index in [-0.39, 0.29) is 15.6 Å². The van der Waals surface area contributed by atoms with E-state index in [0.29, 0.717) is 0 Å². The van der Waals surface area contributed by atoms with Crippen molar-refractivity contribution in [2.45, 2.75) is 13.0 Å². The minimum Gasteiger partial charge on any atom is -0.403 e. The van der Waals surface area contributed by atoms with Gasteiger partial charge in [0, 0.05) is 5.56 Å². The van der Waals surface area contributed by atoms with Crippen molar-refractivity contribution in [3.63, 3.8) is 0 Å². The molecule has 1 aromatic rings. The van der Waals surface area contributed by atoms with Crippen LogP contribution in [-0.4, -0.2) is 17.6 Å². The van der Waals surface area contributed by atoms with Crippen molar-refractivity contribution >= 4 is 28.9 Å². The first-order chi connectivity index (χ1) is 7.39. The fourth-order valence-electron chi connectivity index (χ4n) is 0.985. The van der Waals surface area contributed by atoms with Gasteiger partial charge in [-0.3, -0.25) is 4.79 Å². The summed E-state index contributed by atoms with van der Waals surface area (Å²) in [5.74, 6) is -0.796. The third-order valence-electron chi connectivity index (χ3n) is 1.61. The van der Waals surface area contributed by atoms with Crippen molar-refractivity contribution in [1.29, 1.82) is 0 Å². The molecular formula is C8H4F4INO2. The number of aromatic nitrogens is 1. The molecule has 0 N–H and O–H groups in total. The van der Waals surface area contributed by atoms with Gasteiger partial charge in [0.2, 0.25) is 0 Å². The predicted molar refractivity (Wildman–Crippen MR) is 53.8 cm³/mol. The Balaban J connectivity index is 3.25. The van der Waals surface area contributed by atoms with Gasteiger partial charge in [0.1, 0.15) is 10.4 Å². The number of rotatable bonds is 3. The zero-order valence-corrected chi connectivity index (χ0v) is 9.67. The number of hydrogen-bond acceptors (Lipinski definition) is 3. The number of carbonyl (C=O) groups is 1. The van der Waals surface area contributed by atoms with Crippen LogP contribution in [0.3, 0.4) is 0 Å². The maximum atomic E-state index is 12.5. The van der Waals surface area contributed by atoms with E-state index >= 15 is 0 Å². The molecule has 0 aromatic carbocycles. The van der Waals surface area contributed by atoms with Gasteiger partial charge in [-0.25, -0.2) is 9.37 Å². The SMILES string of the molecule is O=Cc1c(OC(F)(F)F)cnc(I)c1CF. The highest BCUT2D eigenvalue weighted by Gasteiger charge is 2.33. The van der Waals surface area contributed by atoms with E-state index in [0.717, 1.165) is 6.20 Å². The molecule has 1 rings (SSSR count). The summed E-state index contributed by atoms with van der Waals surface area (Å²) in [6.07, 6.45) is -4.10. The van der Waals surface area contributed by atoms with Gasteiger partial charge in [-0.15, -0.1) is 13.2 Å². The lowest BCUT2D eigenvalue weighted by atomic mass is 10.1. The zero-order valence-electron chi connectivity index (χ0n) is 7.52. The first kappa shape index (κ1) is 13.1. The molecule has 16 heavy (non-hydrogen) atoms. The zero-order chi connectivity index (χ0) is 12.3. The Labute approximate surface area is 101 Å². The average Bonchev–Trinajstić information content (AvgIpc) is 2.18. The molecule has 0 fully saturated rings. The fourth-order valence-corrected chi connectivity index (χ4v) is 1.56. The molecule has 0 saturated heterocycles. The smallest absolute Gasteiger partial charge is 0.403 e. The quantitative estimate of drug-likeness (QED) is 0.365. The van der Waals surface area contributed by atoms with Gasteiger partial charge >= 0.3 is 6.36 Å². The lowest BCUT2D eigenvalue weighted by Crippen LogP contribution is -2.19. The summed E-state index contributed by atoms with van der Waals surface area (Å²) in [6, 6.07) is 0. The van der Waals surface area contributed by atoms with Crippen LogP contribution in [0.1, 0.15) is 15.9 Å². The highest BCUT2D eigenvalue weighted by molar-refractivity contribution is 14.1. The summed E-state index contributed by atoms with van der Waals surface area (Å²) in [6.45, 7) is -1.09. The predicted octanol–water partition coefficient (Wildman–Crippen LogP) is 2.87. The van der Waals surface area contributed by atoms with E-state index < -0.39 is 24.3 Å². The Bertz CT molecular complexity index is 408. The second-order valence-electron chi connectivity index (χ2n) is 2.60. The Morgan fingerprint density at radius 2 is 2.12 bits per heavy atom. The molecule has 88 valence electrons. The van der Waals surface area contributed by atoms with Crippen LogP contribution in [0.25, 0.3) is 0 Å². The first-order valence-electron chi connectivity index (χ1n) is 3.83. The average molecular weight is 349 g/mol. The van der Waals surface area contributed by atoms with Crippen LogP contribution in [0, 0.1) is 3.70 Å². The maximum Gasteiger partial charge on any atom is 0.573 e. The molecule has 0 aliphatic rings. The summed E-state index contributed by atoms with van der Waals surface area (Å²) in [5.41, 5.74) is -0.684. The van der Waals surface area contributed by atoms with Crippen molar-refractivity contribution in [1.82, 2.24) is 4.98 Å². The lowest BCUT2D eigenvalue weighted by molar-refractivity contribution is -0.274. The molecule has 0 saturated carbocycles. The van der Waals surface area contributed by atoms with E-state index in [1.165, 1.54) is 0 Å². The number of halogens is 5. The van der Waals surface area contributed by atoms with Crippen LogP contribution >= 0.6 is 22.6 Å². The van der Waals surface area contributed by atoms with Crippen LogP contribution in [0.2, 0.25) is 0 Å². The molecule has 8 heteroatoms. The van der Waals surface area contributed by atoms with Crippen LogP contribution in [0.15, 0.2) is 6.20 Å². The van der Waals surface area contributed by atoms with Crippen LogP contribution in [-0.2, 0) is 6.67 Å². The van der Waals surface area contributed by atoms with Gasteiger partial charge < -0.3 is 4.74 Å². The third kappa shape index (κ3) is 3.03. The van der Waals surface area contributed by atoms with Crippen molar-refractivity contribution in [2.24, 2.45) is 0 Å². The Morgan fingerprint density at radius 3 is 2.56 bits per heavy atom. The number of pyridine rings is 1. The number of nitrogens with zero attached hydrogens (tertiary/aromatic N) is 1. The molecule has 0 radical (unpaired) electrons. The molecule has 3 nitrogen and oxygen atoms in total. The number of aldehydes is 1. The molecule has 0 amide bonds. The molecular weight excluding hydrogens is 345 g/mol. The molecule has 0 unspecified atom stereocenters. The lowest BCUT2D eigenvalue weighted by Gasteiger charge is -2.12.